The van der Waals surface area contributed by atoms with E-state index in [1.165, 1.54) is 24.3 Å². The molecule has 0 aliphatic rings. The molecule has 1 aromatic heterocycles. The van der Waals surface area contributed by atoms with Gasteiger partial charge in [-0.25, -0.2) is 4.39 Å². The molecular weight excluding hydrogens is 402 g/mol. The quantitative estimate of drug-likeness (QED) is 0.627. The van der Waals surface area contributed by atoms with Gasteiger partial charge in [-0.1, -0.05) is 35.0 Å². The number of carbonyl (C=O) groups excluding carboxylic acids is 1. The molecule has 10 heteroatoms. The van der Waals surface area contributed by atoms with Crippen LogP contribution in [0.15, 0.2) is 40.9 Å². The smallest absolute Gasteiger partial charge is 0.366 e. The zero-order valence-corrected chi connectivity index (χ0v) is 14.8. The van der Waals surface area contributed by atoms with Crippen molar-refractivity contribution in [3.8, 4) is 11.1 Å². The number of halogens is 5. The zero-order chi connectivity index (χ0) is 20.5. The molecule has 3 rings (SSSR count). The summed E-state index contributed by atoms with van der Waals surface area (Å²) in [5.41, 5.74) is 7.18. The van der Waals surface area contributed by atoms with Crippen molar-refractivity contribution >= 4 is 17.5 Å². The molecule has 0 aliphatic carbocycles. The van der Waals surface area contributed by atoms with Gasteiger partial charge in [0, 0.05) is 12.0 Å². The van der Waals surface area contributed by atoms with Crippen molar-refractivity contribution < 1.29 is 26.9 Å². The van der Waals surface area contributed by atoms with Crippen molar-refractivity contribution in [2.45, 2.75) is 19.0 Å². The number of rotatable bonds is 5. The molecular formula is C18H12ClF4N3O2. The minimum absolute atomic E-state index is 0.0446. The molecule has 1 amide bonds. The standard InChI is InChI=1S/C18H12ClF4N3O2/c19-13-8-10(3-5-14(13)20)11-4-1-9(7-12(11)16(24)27)2-6-15-25-17(26-28-15)18(21,22)23/h1,3-5,7-8H,2,6H2,(H2,24,27). The summed E-state index contributed by atoms with van der Waals surface area (Å²) in [5.74, 6) is -2.83. The van der Waals surface area contributed by atoms with Gasteiger partial charge in [0.2, 0.25) is 11.8 Å². The summed E-state index contributed by atoms with van der Waals surface area (Å²) >= 11 is 5.78. The molecule has 0 aliphatic heterocycles. The molecule has 0 saturated heterocycles. The Labute approximate surface area is 161 Å². The van der Waals surface area contributed by atoms with Crippen LogP contribution in [0.3, 0.4) is 0 Å². The van der Waals surface area contributed by atoms with E-state index in [0.29, 0.717) is 16.7 Å². The van der Waals surface area contributed by atoms with Crippen molar-refractivity contribution in [2.75, 3.05) is 0 Å². The van der Waals surface area contributed by atoms with Crippen LogP contribution < -0.4 is 5.73 Å². The van der Waals surface area contributed by atoms with Crippen LogP contribution in [-0.2, 0) is 19.0 Å². The molecule has 2 aromatic carbocycles. The summed E-state index contributed by atoms with van der Waals surface area (Å²) in [6.45, 7) is 0. The lowest BCUT2D eigenvalue weighted by atomic mass is 9.95. The molecule has 0 bridgehead atoms. The maximum Gasteiger partial charge on any atom is 0.455 e. The van der Waals surface area contributed by atoms with E-state index in [1.54, 1.807) is 12.1 Å². The number of alkyl halides is 3. The summed E-state index contributed by atoms with van der Waals surface area (Å²) in [4.78, 5) is 15.1. The first-order valence-electron chi connectivity index (χ1n) is 7.93. The van der Waals surface area contributed by atoms with Crippen LogP contribution in [0.4, 0.5) is 17.6 Å². The number of primary amides is 1. The highest BCUT2D eigenvalue weighted by atomic mass is 35.5. The van der Waals surface area contributed by atoms with Crippen molar-refractivity contribution in [3.05, 3.63) is 70.1 Å². The second-order valence-electron chi connectivity index (χ2n) is 5.88. The maximum absolute atomic E-state index is 13.4. The summed E-state index contributed by atoms with van der Waals surface area (Å²) < 4.78 is 55.4. The average molecular weight is 414 g/mol. The Kier molecular flexibility index (Phi) is 5.37. The Morgan fingerprint density at radius 3 is 2.50 bits per heavy atom. The SMILES string of the molecule is NC(=O)c1cc(CCc2nc(C(F)(F)F)no2)ccc1-c1ccc(F)c(Cl)c1. The van der Waals surface area contributed by atoms with Crippen LogP contribution in [0.2, 0.25) is 5.02 Å². The lowest BCUT2D eigenvalue weighted by molar-refractivity contribution is -0.146. The van der Waals surface area contributed by atoms with E-state index in [0.717, 1.165) is 0 Å². The van der Waals surface area contributed by atoms with Gasteiger partial charge in [0.1, 0.15) is 5.82 Å². The fraction of sp³-hybridized carbons (Fsp3) is 0.167. The van der Waals surface area contributed by atoms with Gasteiger partial charge >= 0.3 is 6.18 Å². The van der Waals surface area contributed by atoms with Crippen LogP contribution in [0.25, 0.3) is 11.1 Å². The maximum atomic E-state index is 13.4. The van der Waals surface area contributed by atoms with E-state index < -0.39 is 23.7 Å². The van der Waals surface area contributed by atoms with Crippen LogP contribution in [-0.4, -0.2) is 16.0 Å². The first kappa shape index (κ1) is 19.8. The van der Waals surface area contributed by atoms with Gasteiger partial charge in [-0.3, -0.25) is 4.79 Å². The molecule has 0 unspecified atom stereocenters. The highest BCUT2D eigenvalue weighted by Gasteiger charge is 2.37. The molecule has 0 radical (unpaired) electrons. The number of hydrogen-bond acceptors (Lipinski definition) is 4. The number of nitrogens with two attached hydrogens (primary N) is 1. The van der Waals surface area contributed by atoms with E-state index in [4.69, 9.17) is 17.3 Å². The summed E-state index contributed by atoms with van der Waals surface area (Å²) in [6.07, 6.45) is -4.40. The van der Waals surface area contributed by atoms with E-state index >= 15 is 0 Å². The first-order chi connectivity index (χ1) is 13.1. The first-order valence-corrected chi connectivity index (χ1v) is 8.31. The Balaban J connectivity index is 1.83. The van der Waals surface area contributed by atoms with Crippen LogP contribution >= 0.6 is 11.6 Å². The highest BCUT2D eigenvalue weighted by Crippen LogP contribution is 2.29. The van der Waals surface area contributed by atoms with Crippen LogP contribution in [0.1, 0.15) is 27.6 Å². The Hall–Kier alpha value is -2.94. The fourth-order valence-electron chi connectivity index (χ4n) is 2.59. The Morgan fingerprint density at radius 2 is 1.89 bits per heavy atom. The normalized spacial score (nSPS) is 11.6. The monoisotopic (exact) mass is 413 g/mol. The van der Waals surface area contributed by atoms with E-state index in [2.05, 4.69) is 14.7 Å². The molecule has 0 atom stereocenters. The number of aryl methyl sites for hydroxylation is 2. The summed E-state index contributed by atoms with van der Waals surface area (Å²) in [6, 6.07) is 8.78. The van der Waals surface area contributed by atoms with E-state index in [9.17, 15) is 22.4 Å². The van der Waals surface area contributed by atoms with Gasteiger partial charge < -0.3 is 10.3 Å². The summed E-state index contributed by atoms with van der Waals surface area (Å²) in [7, 11) is 0. The van der Waals surface area contributed by atoms with Crippen molar-refractivity contribution in [3.63, 3.8) is 0 Å². The molecule has 28 heavy (non-hydrogen) atoms. The number of carbonyl (C=O) groups is 1. The topological polar surface area (TPSA) is 82.0 Å². The van der Waals surface area contributed by atoms with Crippen LogP contribution in [0, 0.1) is 5.82 Å². The third kappa shape index (κ3) is 4.30. The lowest BCUT2D eigenvalue weighted by Crippen LogP contribution is -2.13. The van der Waals surface area contributed by atoms with E-state index in [-0.39, 0.29) is 29.3 Å². The molecule has 2 N–H and O–H groups in total. The van der Waals surface area contributed by atoms with Crippen molar-refractivity contribution in [1.82, 2.24) is 10.1 Å². The molecule has 1 heterocycles. The minimum Gasteiger partial charge on any atom is -0.366 e. The predicted molar refractivity (Wildman–Crippen MR) is 92.1 cm³/mol. The second-order valence-corrected chi connectivity index (χ2v) is 6.29. The molecule has 0 saturated carbocycles. The van der Waals surface area contributed by atoms with Gasteiger partial charge in [0.05, 0.1) is 5.02 Å². The lowest BCUT2D eigenvalue weighted by Gasteiger charge is -2.10. The minimum atomic E-state index is -4.68. The molecule has 0 fully saturated rings. The van der Waals surface area contributed by atoms with Gasteiger partial charge in [-0.2, -0.15) is 18.2 Å². The number of nitrogens with zero attached hydrogens (tertiary/aromatic N) is 2. The third-order valence-corrected chi connectivity index (χ3v) is 4.22. The van der Waals surface area contributed by atoms with Gasteiger partial charge in [0.25, 0.3) is 5.82 Å². The Bertz CT molecular complexity index is 1030. The molecule has 146 valence electrons. The predicted octanol–water partition coefficient (Wildman–Crippen LogP) is 4.43. The second kappa shape index (κ2) is 7.59. The average Bonchev–Trinajstić information content (AvgIpc) is 3.11. The van der Waals surface area contributed by atoms with E-state index in [1.807, 2.05) is 0 Å². The largest absolute Gasteiger partial charge is 0.455 e. The van der Waals surface area contributed by atoms with Crippen molar-refractivity contribution in [2.24, 2.45) is 5.73 Å². The van der Waals surface area contributed by atoms with Gasteiger partial charge in [0.15, 0.2) is 0 Å². The Morgan fingerprint density at radius 1 is 1.14 bits per heavy atom. The number of aromatic nitrogens is 2. The highest BCUT2D eigenvalue weighted by molar-refractivity contribution is 6.31. The molecule has 5 nitrogen and oxygen atoms in total. The number of hydrogen-bond donors (Lipinski definition) is 1. The fourth-order valence-corrected chi connectivity index (χ4v) is 2.77. The zero-order valence-electron chi connectivity index (χ0n) is 14.1. The van der Waals surface area contributed by atoms with Crippen molar-refractivity contribution in [1.29, 1.82) is 0 Å². The number of amides is 1. The molecule has 0 spiro atoms. The van der Waals surface area contributed by atoms with Crippen LogP contribution in [0.5, 0.6) is 0 Å². The third-order valence-electron chi connectivity index (χ3n) is 3.93. The van der Waals surface area contributed by atoms with Gasteiger partial charge in [-0.05, 0) is 41.3 Å². The summed E-state index contributed by atoms with van der Waals surface area (Å²) in [5, 5.41) is 2.78. The number of benzene rings is 2. The van der Waals surface area contributed by atoms with Gasteiger partial charge in [-0.15, -0.1) is 0 Å². The molecule has 3 aromatic rings.